The number of carbonyl (C=O) groups is 1. The van der Waals surface area contributed by atoms with Gasteiger partial charge in [-0.15, -0.1) is 0 Å². The second-order valence-corrected chi connectivity index (χ2v) is 6.91. The van der Waals surface area contributed by atoms with Gasteiger partial charge in [0.05, 0.1) is 12.2 Å². The quantitative estimate of drug-likeness (QED) is 0.370. The lowest BCUT2D eigenvalue weighted by atomic mass is 9.90. The molecule has 1 saturated carbocycles. The Morgan fingerprint density at radius 2 is 2.00 bits per heavy atom. The van der Waals surface area contributed by atoms with Crippen molar-refractivity contribution in [1.29, 1.82) is 0 Å². The molecule has 0 aliphatic heterocycles. The van der Waals surface area contributed by atoms with E-state index in [2.05, 4.69) is 19.1 Å². The molecule has 4 unspecified atom stereocenters. The van der Waals surface area contributed by atoms with Crippen LogP contribution in [0.5, 0.6) is 0 Å². The third-order valence-electron chi connectivity index (χ3n) is 4.86. The summed E-state index contributed by atoms with van der Waals surface area (Å²) in [5.41, 5.74) is 0. The highest BCUT2D eigenvalue weighted by Gasteiger charge is 2.32. The van der Waals surface area contributed by atoms with Crippen molar-refractivity contribution >= 4 is 5.97 Å². The molecule has 0 heterocycles. The standard InChI is InChI=1S/C20H34O4/c1-2-3-6-9-17(21)14-12-16-13-15-19(22)18(16)10-7-4-5-8-11-20(23)24/h4,7,12,14,16-19,21-22H,2-3,5-6,8-11,13,15H2,1H3,(H,23,24)/b7-4-,14-12+. The van der Waals surface area contributed by atoms with Crippen LogP contribution in [0.3, 0.4) is 0 Å². The van der Waals surface area contributed by atoms with Crippen molar-refractivity contribution in [2.24, 2.45) is 11.8 Å². The number of aliphatic carboxylic acids is 1. The molecular weight excluding hydrogens is 304 g/mol. The van der Waals surface area contributed by atoms with E-state index >= 15 is 0 Å². The number of rotatable bonds is 12. The van der Waals surface area contributed by atoms with Crippen LogP contribution in [-0.2, 0) is 4.79 Å². The van der Waals surface area contributed by atoms with Crippen LogP contribution in [0.25, 0.3) is 0 Å². The minimum atomic E-state index is -0.752. The summed E-state index contributed by atoms with van der Waals surface area (Å²) in [7, 11) is 0. The molecule has 0 amide bonds. The van der Waals surface area contributed by atoms with E-state index in [1.807, 2.05) is 12.2 Å². The van der Waals surface area contributed by atoms with Crippen molar-refractivity contribution in [2.75, 3.05) is 0 Å². The highest BCUT2D eigenvalue weighted by atomic mass is 16.4. The zero-order chi connectivity index (χ0) is 17.8. The molecule has 138 valence electrons. The smallest absolute Gasteiger partial charge is 0.303 e. The third kappa shape index (κ3) is 8.65. The molecule has 0 aromatic carbocycles. The Labute approximate surface area is 146 Å². The normalized spacial score (nSPS) is 25.7. The summed E-state index contributed by atoms with van der Waals surface area (Å²) in [6.45, 7) is 2.15. The Morgan fingerprint density at radius 1 is 1.21 bits per heavy atom. The van der Waals surface area contributed by atoms with Crippen molar-refractivity contribution in [1.82, 2.24) is 0 Å². The lowest BCUT2D eigenvalue weighted by Gasteiger charge is -2.18. The molecule has 0 bridgehead atoms. The molecule has 4 atom stereocenters. The Balaban J connectivity index is 2.35. The Hall–Kier alpha value is -1.13. The average molecular weight is 338 g/mol. The summed E-state index contributed by atoms with van der Waals surface area (Å²) >= 11 is 0. The molecule has 0 aromatic heterocycles. The fraction of sp³-hybridized carbons (Fsp3) is 0.750. The lowest BCUT2D eigenvalue weighted by Crippen LogP contribution is -2.17. The number of aliphatic hydroxyl groups is 2. The van der Waals surface area contributed by atoms with E-state index in [1.165, 1.54) is 0 Å². The summed E-state index contributed by atoms with van der Waals surface area (Å²) in [5, 5.41) is 28.8. The van der Waals surface area contributed by atoms with E-state index < -0.39 is 5.97 Å². The summed E-state index contributed by atoms with van der Waals surface area (Å²) in [4.78, 5) is 10.5. The van der Waals surface area contributed by atoms with Crippen molar-refractivity contribution in [3.8, 4) is 0 Å². The zero-order valence-corrected chi connectivity index (χ0v) is 14.9. The first-order valence-corrected chi connectivity index (χ1v) is 9.45. The number of carboxylic acid groups (broad SMARTS) is 1. The minimum Gasteiger partial charge on any atom is -0.481 e. The highest BCUT2D eigenvalue weighted by molar-refractivity contribution is 5.66. The van der Waals surface area contributed by atoms with E-state index in [1.54, 1.807) is 0 Å². The van der Waals surface area contributed by atoms with Gasteiger partial charge in [-0.25, -0.2) is 0 Å². The van der Waals surface area contributed by atoms with Gasteiger partial charge in [0.1, 0.15) is 0 Å². The van der Waals surface area contributed by atoms with Crippen molar-refractivity contribution in [3.63, 3.8) is 0 Å². The fourth-order valence-electron chi connectivity index (χ4n) is 3.36. The van der Waals surface area contributed by atoms with Crippen molar-refractivity contribution in [3.05, 3.63) is 24.3 Å². The third-order valence-corrected chi connectivity index (χ3v) is 4.86. The fourth-order valence-corrected chi connectivity index (χ4v) is 3.36. The molecule has 0 radical (unpaired) electrons. The maximum atomic E-state index is 10.5. The van der Waals surface area contributed by atoms with Gasteiger partial charge in [-0.1, -0.05) is 50.5 Å². The minimum absolute atomic E-state index is 0.206. The monoisotopic (exact) mass is 338 g/mol. The molecule has 0 saturated heterocycles. The van der Waals surface area contributed by atoms with Gasteiger partial charge in [0.2, 0.25) is 0 Å². The van der Waals surface area contributed by atoms with E-state index in [9.17, 15) is 15.0 Å². The van der Waals surface area contributed by atoms with Crippen LogP contribution in [0.4, 0.5) is 0 Å². The predicted molar refractivity (Wildman–Crippen MR) is 96.8 cm³/mol. The van der Waals surface area contributed by atoms with Crippen LogP contribution in [0.15, 0.2) is 24.3 Å². The van der Waals surface area contributed by atoms with E-state index in [0.29, 0.717) is 12.3 Å². The lowest BCUT2D eigenvalue weighted by molar-refractivity contribution is -0.137. The molecule has 0 aromatic rings. The van der Waals surface area contributed by atoms with Gasteiger partial charge in [0, 0.05) is 6.42 Å². The first-order valence-electron chi connectivity index (χ1n) is 9.45. The average Bonchev–Trinajstić information content (AvgIpc) is 2.89. The van der Waals surface area contributed by atoms with Crippen LogP contribution >= 0.6 is 0 Å². The maximum absolute atomic E-state index is 10.5. The van der Waals surface area contributed by atoms with Crippen LogP contribution < -0.4 is 0 Å². The maximum Gasteiger partial charge on any atom is 0.303 e. The second kappa shape index (κ2) is 12.3. The van der Waals surface area contributed by atoms with E-state index in [-0.39, 0.29) is 24.5 Å². The highest BCUT2D eigenvalue weighted by Crippen LogP contribution is 2.36. The number of unbranched alkanes of at least 4 members (excludes halogenated alkanes) is 3. The molecule has 1 rings (SSSR count). The molecule has 1 aliphatic rings. The van der Waals surface area contributed by atoms with Gasteiger partial charge in [0.15, 0.2) is 0 Å². The molecule has 0 spiro atoms. The number of allylic oxidation sites excluding steroid dienone is 3. The van der Waals surface area contributed by atoms with E-state index in [0.717, 1.165) is 51.4 Å². The van der Waals surface area contributed by atoms with Crippen molar-refractivity contribution < 1.29 is 20.1 Å². The first kappa shape index (κ1) is 20.9. The summed E-state index contributed by atoms with van der Waals surface area (Å²) in [6.07, 6.45) is 15.9. The van der Waals surface area contributed by atoms with Crippen LogP contribution in [0.1, 0.15) is 71.1 Å². The van der Waals surface area contributed by atoms with Gasteiger partial charge >= 0.3 is 5.97 Å². The van der Waals surface area contributed by atoms with Gasteiger partial charge in [-0.05, 0) is 50.4 Å². The van der Waals surface area contributed by atoms with Crippen LogP contribution in [-0.4, -0.2) is 33.5 Å². The largest absolute Gasteiger partial charge is 0.481 e. The Bertz CT molecular complexity index is 402. The Kier molecular flexibility index (Phi) is 10.7. The molecule has 24 heavy (non-hydrogen) atoms. The summed E-state index contributed by atoms with van der Waals surface area (Å²) in [6, 6.07) is 0. The van der Waals surface area contributed by atoms with Gasteiger partial charge in [-0.3, -0.25) is 4.79 Å². The van der Waals surface area contributed by atoms with Crippen LogP contribution in [0, 0.1) is 11.8 Å². The number of hydrogen-bond acceptors (Lipinski definition) is 3. The second-order valence-electron chi connectivity index (χ2n) is 6.91. The topological polar surface area (TPSA) is 77.8 Å². The van der Waals surface area contributed by atoms with Gasteiger partial charge in [0.25, 0.3) is 0 Å². The molecule has 1 fully saturated rings. The SMILES string of the molecule is CCCCCC(O)/C=C/C1CCC(O)C1C/C=C\CCCC(=O)O. The summed E-state index contributed by atoms with van der Waals surface area (Å²) in [5.74, 6) is -0.221. The number of hydrogen-bond donors (Lipinski definition) is 3. The first-order chi connectivity index (χ1) is 11.5. The van der Waals surface area contributed by atoms with Gasteiger partial charge in [-0.2, -0.15) is 0 Å². The van der Waals surface area contributed by atoms with Gasteiger partial charge < -0.3 is 15.3 Å². The molecule has 1 aliphatic carbocycles. The van der Waals surface area contributed by atoms with Crippen LogP contribution in [0.2, 0.25) is 0 Å². The molecule has 4 nitrogen and oxygen atoms in total. The van der Waals surface area contributed by atoms with E-state index in [4.69, 9.17) is 5.11 Å². The summed E-state index contributed by atoms with van der Waals surface area (Å²) < 4.78 is 0. The number of aliphatic hydroxyl groups excluding tert-OH is 2. The number of carboxylic acids is 1. The molecule has 3 N–H and O–H groups in total. The Morgan fingerprint density at radius 3 is 2.71 bits per heavy atom. The predicted octanol–water partition coefficient (Wildman–Crippen LogP) is 4.07. The molecular formula is C20H34O4. The molecule has 4 heteroatoms. The van der Waals surface area contributed by atoms with Crippen molar-refractivity contribution in [2.45, 2.75) is 83.3 Å². The zero-order valence-electron chi connectivity index (χ0n) is 14.9.